The van der Waals surface area contributed by atoms with Gasteiger partial charge >= 0.3 is 0 Å². The lowest BCUT2D eigenvalue weighted by Gasteiger charge is -2.10. The second-order valence-corrected chi connectivity index (χ2v) is 5.52. The molecule has 0 radical (unpaired) electrons. The lowest BCUT2D eigenvalue weighted by atomic mass is 10.3. The maximum atomic E-state index is 11.9. The van der Waals surface area contributed by atoms with Crippen molar-refractivity contribution in [3.05, 3.63) is 23.2 Å². The van der Waals surface area contributed by atoms with Gasteiger partial charge in [0, 0.05) is 12.0 Å². The molecule has 0 aliphatic heterocycles. The Balaban J connectivity index is 2.87. The fraction of sp³-hybridized carbons (Fsp3) is 0.400. The van der Waals surface area contributed by atoms with Crippen molar-refractivity contribution in [1.82, 2.24) is 0 Å². The van der Waals surface area contributed by atoms with Crippen LogP contribution >= 0.6 is 11.6 Å². The smallest absolute Gasteiger partial charge is 0.0647 e. The summed E-state index contributed by atoms with van der Waals surface area (Å²) in [4.78, 5) is 0.679. The topological polar surface area (TPSA) is 52.3 Å². The number of ether oxygens (including phenoxy) is 1. The minimum Gasteiger partial charge on any atom is -0.398 e. The van der Waals surface area contributed by atoms with Crippen molar-refractivity contribution in [3.8, 4) is 0 Å². The van der Waals surface area contributed by atoms with Gasteiger partial charge in [-0.3, -0.25) is 4.21 Å². The molecular formula is C10H14ClNO2S. The van der Waals surface area contributed by atoms with Crippen LogP contribution in [0.25, 0.3) is 0 Å². The van der Waals surface area contributed by atoms with Crippen LogP contribution in [0.15, 0.2) is 23.1 Å². The Hall–Kier alpha value is -0.580. The van der Waals surface area contributed by atoms with E-state index in [-0.39, 0.29) is 5.25 Å². The molecule has 3 nitrogen and oxygen atoms in total. The number of rotatable bonds is 4. The van der Waals surface area contributed by atoms with Crippen LogP contribution in [0.2, 0.25) is 5.02 Å². The summed E-state index contributed by atoms with van der Waals surface area (Å²) >= 11 is 5.85. The third-order valence-corrected chi connectivity index (χ3v) is 3.88. The van der Waals surface area contributed by atoms with Gasteiger partial charge in [0.05, 0.1) is 33.4 Å². The summed E-state index contributed by atoms with van der Waals surface area (Å²) in [5.74, 6) is 0. The molecule has 84 valence electrons. The van der Waals surface area contributed by atoms with Gasteiger partial charge in [-0.15, -0.1) is 0 Å². The molecule has 2 N–H and O–H groups in total. The van der Waals surface area contributed by atoms with Gasteiger partial charge in [0.25, 0.3) is 0 Å². The number of nitrogens with two attached hydrogens (primary N) is 1. The summed E-state index contributed by atoms with van der Waals surface area (Å²) in [6, 6.07) is 5.03. The fourth-order valence-corrected chi connectivity index (χ4v) is 2.57. The van der Waals surface area contributed by atoms with Crippen LogP contribution in [0.5, 0.6) is 0 Å². The van der Waals surface area contributed by atoms with Crippen molar-refractivity contribution in [2.24, 2.45) is 0 Å². The summed E-state index contributed by atoms with van der Waals surface area (Å²) < 4.78 is 16.9. The number of hydrogen-bond acceptors (Lipinski definition) is 3. The van der Waals surface area contributed by atoms with E-state index in [1.807, 2.05) is 6.92 Å². The normalized spacial score (nSPS) is 14.9. The van der Waals surface area contributed by atoms with E-state index in [2.05, 4.69) is 0 Å². The predicted molar refractivity (Wildman–Crippen MR) is 63.6 cm³/mol. The third-order valence-electron chi connectivity index (χ3n) is 1.97. The van der Waals surface area contributed by atoms with Gasteiger partial charge in [-0.1, -0.05) is 11.6 Å². The van der Waals surface area contributed by atoms with Gasteiger partial charge in [0.15, 0.2) is 0 Å². The maximum Gasteiger partial charge on any atom is 0.0647 e. The summed E-state index contributed by atoms with van der Waals surface area (Å²) in [5, 5.41) is 0.375. The molecule has 0 heterocycles. The van der Waals surface area contributed by atoms with Gasteiger partial charge in [-0.25, -0.2) is 0 Å². The molecule has 15 heavy (non-hydrogen) atoms. The zero-order valence-electron chi connectivity index (χ0n) is 8.70. The number of anilines is 1. The quantitative estimate of drug-likeness (QED) is 0.829. The molecule has 0 amide bonds. The number of methoxy groups -OCH3 is 1. The summed E-state index contributed by atoms with van der Waals surface area (Å²) in [6.45, 7) is 2.32. The number of nitrogen functional groups attached to an aromatic ring is 1. The second kappa shape index (κ2) is 5.49. The molecule has 0 fully saturated rings. The third kappa shape index (κ3) is 3.19. The molecule has 0 aliphatic rings. The molecular weight excluding hydrogens is 234 g/mol. The van der Waals surface area contributed by atoms with Crippen molar-refractivity contribution in [2.45, 2.75) is 17.1 Å². The Labute approximate surface area is 97.0 Å². The Kier molecular flexibility index (Phi) is 4.57. The summed E-state index contributed by atoms with van der Waals surface area (Å²) in [5.41, 5.74) is 6.07. The van der Waals surface area contributed by atoms with Crippen LogP contribution in [-0.4, -0.2) is 23.2 Å². The largest absolute Gasteiger partial charge is 0.398 e. The predicted octanol–water partition coefficient (Wildman–Crippen LogP) is 2.06. The van der Waals surface area contributed by atoms with Crippen LogP contribution in [-0.2, 0) is 15.5 Å². The van der Waals surface area contributed by atoms with Crippen molar-refractivity contribution < 1.29 is 8.95 Å². The molecule has 0 bridgehead atoms. The van der Waals surface area contributed by atoms with Crippen molar-refractivity contribution in [2.75, 3.05) is 19.5 Å². The Morgan fingerprint density at radius 3 is 2.80 bits per heavy atom. The highest BCUT2D eigenvalue weighted by molar-refractivity contribution is 7.85. The highest BCUT2D eigenvalue weighted by atomic mass is 35.5. The molecule has 0 aromatic heterocycles. The highest BCUT2D eigenvalue weighted by Gasteiger charge is 2.13. The van der Waals surface area contributed by atoms with Crippen LogP contribution in [0.4, 0.5) is 5.69 Å². The molecule has 1 aromatic rings. The zero-order valence-corrected chi connectivity index (χ0v) is 10.3. The Bertz CT molecular complexity index is 370. The lowest BCUT2D eigenvalue weighted by Crippen LogP contribution is -2.17. The first kappa shape index (κ1) is 12.5. The monoisotopic (exact) mass is 247 g/mol. The molecule has 1 rings (SSSR count). The Morgan fingerprint density at radius 1 is 1.60 bits per heavy atom. The highest BCUT2D eigenvalue weighted by Crippen LogP contribution is 2.22. The van der Waals surface area contributed by atoms with Crippen molar-refractivity contribution in [1.29, 1.82) is 0 Å². The van der Waals surface area contributed by atoms with Crippen LogP contribution < -0.4 is 5.73 Å². The van der Waals surface area contributed by atoms with E-state index in [4.69, 9.17) is 22.1 Å². The molecule has 0 spiro atoms. The molecule has 2 atom stereocenters. The van der Waals surface area contributed by atoms with Crippen LogP contribution in [0.3, 0.4) is 0 Å². The minimum atomic E-state index is -1.11. The van der Waals surface area contributed by atoms with Gasteiger partial charge in [-0.2, -0.15) is 0 Å². The van der Waals surface area contributed by atoms with E-state index < -0.39 is 10.8 Å². The van der Waals surface area contributed by atoms with Crippen molar-refractivity contribution >= 4 is 28.1 Å². The molecule has 0 saturated carbocycles. The first-order valence-corrected chi connectivity index (χ1v) is 6.10. The fourth-order valence-electron chi connectivity index (χ4n) is 1.16. The molecule has 2 unspecified atom stereocenters. The number of hydrogen-bond donors (Lipinski definition) is 1. The van der Waals surface area contributed by atoms with E-state index in [0.29, 0.717) is 22.2 Å². The van der Waals surface area contributed by atoms with E-state index in [0.717, 1.165) is 0 Å². The van der Waals surface area contributed by atoms with E-state index >= 15 is 0 Å². The van der Waals surface area contributed by atoms with E-state index in [9.17, 15) is 4.21 Å². The van der Waals surface area contributed by atoms with Gasteiger partial charge in [-0.05, 0) is 25.1 Å². The zero-order chi connectivity index (χ0) is 11.4. The maximum absolute atomic E-state index is 11.9. The first-order valence-electron chi connectivity index (χ1n) is 4.50. The van der Waals surface area contributed by atoms with Gasteiger partial charge in [0.1, 0.15) is 0 Å². The van der Waals surface area contributed by atoms with Crippen LogP contribution in [0.1, 0.15) is 6.92 Å². The SMILES string of the molecule is COCC(C)S(=O)c1ccc(N)c(Cl)c1. The molecule has 1 aromatic carbocycles. The molecule has 5 heteroatoms. The first-order chi connectivity index (χ1) is 7.06. The summed E-state index contributed by atoms with van der Waals surface area (Å²) in [7, 11) is 0.475. The Morgan fingerprint density at radius 2 is 2.27 bits per heavy atom. The van der Waals surface area contributed by atoms with E-state index in [1.54, 1.807) is 25.3 Å². The number of benzene rings is 1. The lowest BCUT2D eigenvalue weighted by molar-refractivity contribution is 0.201. The van der Waals surface area contributed by atoms with Gasteiger partial charge in [0.2, 0.25) is 0 Å². The average molecular weight is 248 g/mol. The van der Waals surface area contributed by atoms with Crippen molar-refractivity contribution in [3.63, 3.8) is 0 Å². The summed E-state index contributed by atoms with van der Waals surface area (Å²) in [6.07, 6.45) is 0. The number of halogens is 1. The molecule has 0 aliphatic carbocycles. The average Bonchev–Trinajstić information content (AvgIpc) is 2.21. The minimum absolute atomic E-state index is 0.0605. The second-order valence-electron chi connectivity index (χ2n) is 3.25. The van der Waals surface area contributed by atoms with Gasteiger partial charge < -0.3 is 10.5 Å². The van der Waals surface area contributed by atoms with E-state index in [1.165, 1.54) is 0 Å². The molecule has 0 saturated heterocycles. The van der Waals surface area contributed by atoms with Crippen LogP contribution in [0, 0.1) is 0 Å². The standard InChI is InChI=1S/C10H14ClNO2S/c1-7(6-14-2)15(13)8-3-4-10(12)9(11)5-8/h3-5,7H,6,12H2,1-2H3.